The zero-order valence-corrected chi connectivity index (χ0v) is 9.25. The highest BCUT2D eigenvalue weighted by molar-refractivity contribution is 5.14. The van der Waals surface area contributed by atoms with E-state index >= 15 is 0 Å². The molecule has 0 aromatic rings. The second-order valence-corrected chi connectivity index (χ2v) is 3.30. The molecule has 0 heterocycles. The Balaban J connectivity index is 0.000000791. The lowest BCUT2D eigenvalue weighted by atomic mass is 9.83. The predicted octanol–water partition coefficient (Wildman–Crippen LogP) is 3.42. The van der Waals surface area contributed by atoms with Crippen molar-refractivity contribution >= 4 is 0 Å². The monoisotopic (exact) mass is 190 g/mol. The second kappa shape index (κ2) is 7.15. The maximum Gasteiger partial charge on any atom is 0.139 e. The summed E-state index contributed by atoms with van der Waals surface area (Å²) >= 11 is 0. The van der Waals surface area contributed by atoms with Crippen LogP contribution in [0.25, 0.3) is 0 Å². The van der Waals surface area contributed by atoms with E-state index in [1.54, 1.807) is 0 Å². The van der Waals surface area contributed by atoms with Gasteiger partial charge in [0.1, 0.15) is 5.92 Å². The van der Waals surface area contributed by atoms with Crippen molar-refractivity contribution in [3.05, 3.63) is 11.6 Å². The first-order chi connectivity index (χ1) is 6.77. The van der Waals surface area contributed by atoms with Crippen LogP contribution in [0.4, 0.5) is 0 Å². The number of allylic oxidation sites excluding steroid dienone is 2. The molecule has 0 saturated carbocycles. The SMILES string of the molecule is CC.CC1=CC(C(C#N)C#N)CCC1. The Morgan fingerprint density at radius 1 is 1.36 bits per heavy atom. The van der Waals surface area contributed by atoms with Crippen molar-refractivity contribution in [1.82, 2.24) is 0 Å². The largest absolute Gasteiger partial charge is 0.197 e. The van der Waals surface area contributed by atoms with Crippen molar-refractivity contribution in [2.45, 2.75) is 40.0 Å². The summed E-state index contributed by atoms with van der Waals surface area (Å²) in [6.07, 6.45) is 5.32. The molecular formula is C12H18N2. The summed E-state index contributed by atoms with van der Waals surface area (Å²) in [5.41, 5.74) is 1.32. The lowest BCUT2D eigenvalue weighted by Gasteiger charge is -2.19. The fourth-order valence-corrected chi connectivity index (χ4v) is 1.63. The third-order valence-corrected chi connectivity index (χ3v) is 2.31. The Morgan fingerprint density at radius 2 is 1.93 bits per heavy atom. The first-order valence-corrected chi connectivity index (χ1v) is 5.24. The third-order valence-electron chi connectivity index (χ3n) is 2.31. The summed E-state index contributed by atoms with van der Waals surface area (Å²) in [5.74, 6) is -0.269. The molecule has 0 aromatic carbocycles. The Morgan fingerprint density at radius 3 is 2.36 bits per heavy atom. The molecular weight excluding hydrogens is 172 g/mol. The first-order valence-electron chi connectivity index (χ1n) is 5.24. The van der Waals surface area contributed by atoms with E-state index in [0.717, 1.165) is 19.3 Å². The molecule has 1 aliphatic rings. The number of hydrogen-bond donors (Lipinski definition) is 0. The molecule has 2 nitrogen and oxygen atoms in total. The van der Waals surface area contributed by atoms with Crippen LogP contribution in [0.15, 0.2) is 11.6 Å². The van der Waals surface area contributed by atoms with Crippen LogP contribution in [-0.4, -0.2) is 0 Å². The van der Waals surface area contributed by atoms with Gasteiger partial charge in [-0.25, -0.2) is 0 Å². The van der Waals surface area contributed by atoms with Gasteiger partial charge in [-0.1, -0.05) is 25.5 Å². The van der Waals surface area contributed by atoms with Gasteiger partial charge in [0.2, 0.25) is 0 Å². The minimum absolute atomic E-state index is 0.175. The van der Waals surface area contributed by atoms with E-state index in [9.17, 15) is 0 Å². The van der Waals surface area contributed by atoms with Crippen molar-refractivity contribution in [2.24, 2.45) is 11.8 Å². The molecule has 1 unspecified atom stereocenters. The molecule has 0 bridgehead atoms. The van der Waals surface area contributed by atoms with Gasteiger partial charge < -0.3 is 0 Å². The minimum Gasteiger partial charge on any atom is -0.197 e. The summed E-state index contributed by atoms with van der Waals surface area (Å²) in [7, 11) is 0. The van der Waals surface area contributed by atoms with Gasteiger partial charge in [-0.3, -0.25) is 0 Å². The topological polar surface area (TPSA) is 47.6 Å². The molecule has 1 atom stereocenters. The molecule has 0 aliphatic heterocycles. The molecule has 0 fully saturated rings. The molecule has 1 rings (SSSR count). The van der Waals surface area contributed by atoms with Crippen molar-refractivity contribution in [1.29, 1.82) is 10.5 Å². The van der Waals surface area contributed by atoms with Gasteiger partial charge in [0.25, 0.3) is 0 Å². The smallest absolute Gasteiger partial charge is 0.139 e. The van der Waals surface area contributed by atoms with E-state index in [4.69, 9.17) is 10.5 Å². The number of hydrogen-bond acceptors (Lipinski definition) is 2. The summed E-state index contributed by atoms with van der Waals surface area (Å²) in [6, 6.07) is 4.07. The molecule has 14 heavy (non-hydrogen) atoms. The highest BCUT2D eigenvalue weighted by atomic mass is 14.3. The molecule has 0 N–H and O–H groups in total. The fraction of sp³-hybridized carbons (Fsp3) is 0.667. The van der Waals surface area contributed by atoms with Crippen LogP contribution in [0.3, 0.4) is 0 Å². The number of rotatable bonds is 1. The van der Waals surface area contributed by atoms with Crippen LogP contribution in [0.1, 0.15) is 40.0 Å². The van der Waals surface area contributed by atoms with Crippen LogP contribution in [0, 0.1) is 34.5 Å². The average molecular weight is 190 g/mol. The Hall–Kier alpha value is -1.28. The quantitative estimate of drug-likeness (QED) is 0.595. The van der Waals surface area contributed by atoms with Crippen molar-refractivity contribution in [3.8, 4) is 12.1 Å². The Bertz CT molecular complexity index is 251. The Kier molecular flexibility index (Phi) is 6.50. The summed E-state index contributed by atoms with van der Waals surface area (Å²) < 4.78 is 0. The highest BCUT2D eigenvalue weighted by Gasteiger charge is 2.20. The van der Waals surface area contributed by atoms with Crippen molar-refractivity contribution in [2.75, 3.05) is 0 Å². The van der Waals surface area contributed by atoms with E-state index in [1.165, 1.54) is 5.57 Å². The maximum absolute atomic E-state index is 8.66. The summed E-state index contributed by atoms with van der Waals surface area (Å²) in [6.45, 7) is 6.07. The molecule has 0 saturated heterocycles. The average Bonchev–Trinajstić information content (AvgIpc) is 2.23. The predicted molar refractivity (Wildman–Crippen MR) is 57.2 cm³/mol. The van der Waals surface area contributed by atoms with Gasteiger partial charge in [0.05, 0.1) is 12.1 Å². The molecule has 0 aromatic heterocycles. The first kappa shape index (κ1) is 12.7. The Labute approximate surface area is 86.8 Å². The third kappa shape index (κ3) is 3.62. The molecule has 0 spiro atoms. The molecule has 0 amide bonds. The van der Waals surface area contributed by atoms with E-state index < -0.39 is 5.92 Å². The fourth-order valence-electron chi connectivity index (χ4n) is 1.63. The van der Waals surface area contributed by atoms with E-state index in [1.807, 2.05) is 26.0 Å². The van der Waals surface area contributed by atoms with Crippen LogP contribution < -0.4 is 0 Å². The summed E-state index contributed by atoms with van der Waals surface area (Å²) in [5, 5.41) is 17.3. The van der Waals surface area contributed by atoms with E-state index in [2.05, 4.69) is 13.0 Å². The second-order valence-electron chi connectivity index (χ2n) is 3.30. The molecule has 76 valence electrons. The zero-order chi connectivity index (χ0) is 11.0. The van der Waals surface area contributed by atoms with E-state index in [-0.39, 0.29) is 5.92 Å². The van der Waals surface area contributed by atoms with Crippen LogP contribution in [-0.2, 0) is 0 Å². The van der Waals surface area contributed by atoms with Crippen molar-refractivity contribution < 1.29 is 0 Å². The lowest BCUT2D eigenvalue weighted by molar-refractivity contribution is 0.481. The molecule has 0 radical (unpaired) electrons. The van der Waals surface area contributed by atoms with Crippen LogP contribution in [0.5, 0.6) is 0 Å². The number of nitrogens with zero attached hydrogens (tertiary/aromatic N) is 2. The maximum atomic E-state index is 8.66. The van der Waals surface area contributed by atoms with Crippen LogP contribution in [0.2, 0.25) is 0 Å². The van der Waals surface area contributed by atoms with Crippen LogP contribution >= 0.6 is 0 Å². The number of nitriles is 2. The van der Waals surface area contributed by atoms with E-state index in [0.29, 0.717) is 0 Å². The lowest BCUT2D eigenvalue weighted by Crippen LogP contribution is -2.12. The van der Waals surface area contributed by atoms with Gasteiger partial charge in [-0.15, -0.1) is 0 Å². The van der Waals surface area contributed by atoms with Gasteiger partial charge in [-0.05, 0) is 26.2 Å². The normalized spacial score (nSPS) is 19.9. The zero-order valence-electron chi connectivity index (χ0n) is 9.25. The molecule has 1 aliphatic carbocycles. The van der Waals surface area contributed by atoms with Gasteiger partial charge >= 0.3 is 0 Å². The standard InChI is InChI=1S/C10H12N2.C2H6/c1-8-3-2-4-9(5-8)10(6-11)7-12;1-2/h5,9-10H,2-4H2,1H3;1-2H3. The highest BCUT2D eigenvalue weighted by Crippen LogP contribution is 2.27. The summed E-state index contributed by atoms with van der Waals surface area (Å²) in [4.78, 5) is 0. The molecule has 2 heteroatoms. The van der Waals surface area contributed by atoms with Gasteiger partial charge in [0, 0.05) is 5.92 Å². The van der Waals surface area contributed by atoms with Gasteiger partial charge in [-0.2, -0.15) is 10.5 Å². The van der Waals surface area contributed by atoms with Gasteiger partial charge in [0.15, 0.2) is 0 Å². The minimum atomic E-state index is -0.444. The van der Waals surface area contributed by atoms with Crippen molar-refractivity contribution in [3.63, 3.8) is 0 Å².